The molecule has 2 rings (SSSR count). The maximum absolute atomic E-state index is 13.5. The molecule has 2 amide bonds. The summed E-state index contributed by atoms with van der Waals surface area (Å²) >= 11 is 0. The fraction of sp³-hybridized carbons (Fsp3) is 0.250. The van der Waals surface area contributed by atoms with Crippen LogP contribution in [0.2, 0.25) is 0 Å². The van der Waals surface area contributed by atoms with Crippen molar-refractivity contribution in [1.82, 2.24) is 10.6 Å². The summed E-state index contributed by atoms with van der Waals surface area (Å²) < 4.78 is 18.8. The van der Waals surface area contributed by atoms with E-state index in [-0.39, 0.29) is 37.0 Å². The molecule has 0 aliphatic rings. The van der Waals surface area contributed by atoms with E-state index in [4.69, 9.17) is 4.74 Å². The zero-order chi connectivity index (χ0) is 19.6. The Labute approximate surface area is 156 Å². The minimum atomic E-state index is -0.598. The average Bonchev–Trinajstić information content (AvgIpc) is 2.69. The van der Waals surface area contributed by atoms with Crippen LogP contribution in [0.3, 0.4) is 0 Å². The topological polar surface area (TPSA) is 84.5 Å². The van der Waals surface area contributed by atoms with Gasteiger partial charge in [0.25, 0.3) is 11.8 Å². The van der Waals surface area contributed by atoms with Crippen LogP contribution in [0.1, 0.15) is 34.1 Å². The number of ketones is 1. The zero-order valence-electron chi connectivity index (χ0n) is 15.0. The Kier molecular flexibility index (Phi) is 7.49. The van der Waals surface area contributed by atoms with Crippen LogP contribution in [0, 0.1) is 5.82 Å². The van der Waals surface area contributed by atoms with Gasteiger partial charge in [-0.15, -0.1) is 0 Å². The summed E-state index contributed by atoms with van der Waals surface area (Å²) in [6.45, 7) is 1.94. The Hall–Kier alpha value is -3.22. The van der Waals surface area contributed by atoms with Crippen LogP contribution >= 0.6 is 0 Å². The third-order valence-corrected chi connectivity index (χ3v) is 3.72. The molecular weight excluding hydrogens is 351 g/mol. The number of carbonyl (C=O) groups is 3. The number of hydrogen-bond donors (Lipinski definition) is 2. The number of nitrogens with one attached hydrogen (secondary N) is 2. The Morgan fingerprint density at radius 3 is 2.30 bits per heavy atom. The van der Waals surface area contributed by atoms with Crippen LogP contribution in [0.5, 0.6) is 5.75 Å². The van der Waals surface area contributed by atoms with E-state index in [2.05, 4.69) is 10.6 Å². The van der Waals surface area contributed by atoms with Gasteiger partial charge in [0, 0.05) is 25.1 Å². The highest BCUT2D eigenvalue weighted by Gasteiger charge is 2.10. The summed E-state index contributed by atoms with van der Waals surface area (Å²) in [5.74, 6) is -0.981. The molecule has 0 fully saturated rings. The van der Waals surface area contributed by atoms with Gasteiger partial charge in [-0.3, -0.25) is 14.4 Å². The highest BCUT2D eigenvalue weighted by atomic mass is 19.1. The van der Waals surface area contributed by atoms with Crippen molar-refractivity contribution in [3.8, 4) is 5.75 Å². The molecule has 0 saturated carbocycles. The Morgan fingerprint density at radius 1 is 0.963 bits per heavy atom. The minimum absolute atomic E-state index is 0.0386. The van der Waals surface area contributed by atoms with Crippen LogP contribution in [0.25, 0.3) is 0 Å². The molecule has 0 radical (unpaired) electrons. The summed E-state index contributed by atoms with van der Waals surface area (Å²) in [5, 5.41) is 5.11. The van der Waals surface area contributed by atoms with Crippen LogP contribution < -0.4 is 15.4 Å². The molecule has 2 aromatic carbocycles. The van der Waals surface area contributed by atoms with Crippen molar-refractivity contribution >= 4 is 17.6 Å². The number of carbonyl (C=O) groups excluding carboxylic acids is 3. The first kappa shape index (κ1) is 20.1. The van der Waals surface area contributed by atoms with Gasteiger partial charge in [-0.1, -0.05) is 19.1 Å². The lowest BCUT2D eigenvalue weighted by Crippen LogP contribution is -2.37. The van der Waals surface area contributed by atoms with Crippen LogP contribution in [-0.2, 0) is 4.79 Å². The third kappa shape index (κ3) is 6.22. The third-order valence-electron chi connectivity index (χ3n) is 3.72. The number of benzene rings is 2. The first-order valence-corrected chi connectivity index (χ1v) is 8.56. The summed E-state index contributed by atoms with van der Waals surface area (Å²) in [6.07, 6.45) is 0.427. The fourth-order valence-electron chi connectivity index (χ4n) is 2.26. The van der Waals surface area contributed by atoms with Gasteiger partial charge in [0.15, 0.2) is 12.4 Å². The fourth-order valence-corrected chi connectivity index (χ4v) is 2.26. The number of amides is 2. The quantitative estimate of drug-likeness (QED) is 0.523. The molecule has 2 aromatic rings. The van der Waals surface area contributed by atoms with Crippen molar-refractivity contribution in [2.75, 3.05) is 19.7 Å². The Bertz CT molecular complexity index is 806. The molecule has 0 atom stereocenters. The lowest BCUT2D eigenvalue weighted by Gasteiger charge is -2.09. The van der Waals surface area contributed by atoms with Gasteiger partial charge in [0.1, 0.15) is 11.6 Å². The van der Waals surface area contributed by atoms with E-state index < -0.39 is 11.7 Å². The van der Waals surface area contributed by atoms with E-state index in [9.17, 15) is 18.8 Å². The summed E-state index contributed by atoms with van der Waals surface area (Å²) in [7, 11) is 0. The summed E-state index contributed by atoms with van der Waals surface area (Å²) in [6, 6.07) is 12.2. The maximum Gasteiger partial charge on any atom is 0.258 e. The molecule has 0 unspecified atom stereocenters. The van der Waals surface area contributed by atoms with E-state index in [0.29, 0.717) is 17.7 Å². The Balaban J connectivity index is 1.67. The van der Waals surface area contributed by atoms with E-state index in [0.717, 1.165) is 0 Å². The van der Waals surface area contributed by atoms with Crippen molar-refractivity contribution in [1.29, 1.82) is 0 Å². The number of halogens is 1. The van der Waals surface area contributed by atoms with Gasteiger partial charge >= 0.3 is 0 Å². The Morgan fingerprint density at radius 2 is 1.63 bits per heavy atom. The molecule has 0 bridgehead atoms. The van der Waals surface area contributed by atoms with E-state index in [1.807, 2.05) is 0 Å². The highest BCUT2D eigenvalue weighted by molar-refractivity contribution is 5.96. The molecular formula is C20H21FN2O4. The highest BCUT2D eigenvalue weighted by Crippen LogP contribution is 2.13. The van der Waals surface area contributed by atoms with E-state index in [1.165, 1.54) is 18.2 Å². The molecule has 0 aliphatic carbocycles. The van der Waals surface area contributed by atoms with Gasteiger partial charge in [-0.05, 0) is 36.4 Å². The van der Waals surface area contributed by atoms with Crippen molar-refractivity contribution in [2.45, 2.75) is 13.3 Å². The maximum atomic E-state index is 13.5. The molecule has 0 spiro atoms. The van der Waals surface area contributed by atoms with E-state index >= 15 is 0 Å². The zero-order valence-corrected chi connectivity index (χ0v) is 15.0. The molecule has 2 N–H and O–H groups in total. The second kappa shape index (κ2) is 10.1. The molecule has 27 heavy (non-hydrogen) atoms. The second-order valence-electron chi connectivity index (χ2n) is 5.68. The van der Waals surface area contributed by atoms with Crippen LogP contribution in [0.15, 0.2) is 48.5 Å². The monoisotopic (exact) mass is 372 g/mol. The number of ether oxygens (including phenoxy) is 1. The van der Waals surface area contributed by atoms with Crippen molar-refractivity contribution in [3.63, 3.8) is 0 Å². The van der Waals surface area contributed by atoms with Gasteiger partial charge in [0.05, 0.1) is 5.56 Å². The SMILES string of the molecule is CCC(=O)c1ccc(OCC(=O)NCCNC(=O)c2ccccc2F)cc1. The molecule has 142 valence electrons. The van der Waals surface area contributed by atoms with Gasteiger partial charge < -0.3 is 15.4 Å². The minimum Gasteiger partial charge on any atom is -0.484 e. The number of rotatable bonds is 9. The average molecular weight is 372 g/mol. The molecule has 0 aliphatic heterocycles. The van der Waals surface area contributed by atoms with Gasteiger partial charge in [-0.2, -0.15) is 0 Å². The summed E-state index contributed by atoms with van der Waals surface area (Å²) in [4.78, 5) is 35.1. The lowest BCUT2D eigenvalue weighted by atomic mass is 10.1. The first-order valence-electron chi connectivity index (χ1n) is 8.56. The van der Waals surface area contributed by atoms with Crippen LogP contribution in [-0.4, -0.2) is 37.3 Å². The van der Waals surface area contributed by atoms with Gasteiger partial charge in [0.2, 0.25) is 0 Å². The molecule has 6 nitrogen and oxygen atoms in total. The van der Waals surface area contributed by atoms with Crippen molar-refractivity contribution in [2.24, 2.45) is 0 Å². The van der Waals surface area contributed by atoms with E-state index in [1.54, 1.807) is 37.3 Å². The van der Waals surface area contributed by atoms with Crippen molar-refractivity contribution < 1.29 is 23.5 Å². The standard InChI is InChI=1S/C20H21FN2O4/c1-2-18(24)14-7-9-15(10-8-14)27-13-19(25)22-11-12-23-20(26)16-5-3-4-6-17(16)21/h3-10H,2,11-13H2,1H3,(H,22,25)(H,23,26). The number of hydrogen-bond acceptors (Lipinski definition) is 4. The predicted octanol–water partition coefficient (Wildman–Crippen LogP) is 2.34. The molecule has 7 heteroatoms. The largest absolute Gasteiger partial charge is 0.484 e. The molecule has 0 aromatic heterocycles. The summed E-state index contributed by atoms with van der Waals surface area (Å²) in [5.41, 5.74) is 0.553. The van der Waals surface area contributed by atoms with Crippen molar-refractivity contribution in [3.05, 3.63) is 65.5 Å². The number of Topliss-reactive ketones (excluding diaryl/α,β-unsaturated/α-hetero) is 1. The van der Waals surface area contributed by atoms with Crippen LogP contribution in [0.4, 0.5) is 4.39 Å². The smallest absolute Gasteiger partial charge is 0.258 e. The normalized spacial score (nSPS) is 10.1. The lowest BCUT2D eigenvalue weighted by molar-refractivity contribution is -0.123. The van der Waals surface area contributed by atoms with Gasteiger partial charge in [-0.25, -0.2) is 4.39 Å². The predicted molar refractivity (Wildman–Crippen MR) is 98.3 cm³/mol. The first-order chi connectivity index (χ1) is 13.0. The second-order valence-corrected chi connectivity index (χ2v) is 5.68. The molecule has 0 saturated heterocycles. The molecule has 0 heterocycles.